The monoisotopic (exact) mass is 376 g/mol. The SMILES string of the molecule is Cl.N=C(N)c1ccc(NCCOCCNc2ccc(C(=N)N)cc2)cc1. The summed E-state index contributed by atoms with van der Waals surface area (Å²) in [5.41, 5.74) is 14.2. The van der Waals surface area contributed by atoms with Crippen molar-refractivity contribution in [3.8, 4) is 0 Å². The second-order valence-corrected chi connectivity index (χ2v) is 5.45. The van der Waals surface area contributed by atoms with Gasteiger partial charge in [-0.1, -0.05) is 0 Å². The lowest BCUT2D eigenvalue weighted by molar-refractivity contribution is 0.154. The van der Waals surface area contributed by atoms with Crippen LogP contribution in [0.25, 0.3) is 0 Å². The topological polar surface area (TPSA) is 133 Å². The number of nitrogens with two attached hydrogens (primary N) is 2. The highest BCUT2D eigenvalue weighted by Crippen LogP contribution is 2.09. The third-order valence-corrected chi connectivity index (χ3v) is 3.54. The van der Waals surface area contributed by atoms with Gasteiger partial charge in [-0.25, -0.2) is 0 Å². The fourth-order valence-electron chi connectivity index (χ4n) is 2.17. The van der Waals surface area contributed by atoms with E-state index in [2.05, 4.69) is 10.6 Å². The molecule has 2 rings (SSSR count). The van der Waals surface area contributed by atoms with Gasteiger partial charge in [-0.2, -0.15) is 0 Å². The minimum absolute atomic E-state index is 0. The van der Waals surface area contributed by atoms with E-state index in [4.69, 9.17) is 27.0 Å². The van der Waals surface area contributed by atoms with Crippen LogP contribution >= 0.6 is 12.4 Å². The van der Waals surface area contributed by atoms with Crippen LogP contribution in [-0.4, -0.2) is 38.0 Å². The highest BCUT2D eigenvalue weighted by atomic mass is 35.5. The van der Waals surface area contributed by atoms with E-state index in [9.17, 15) is 0 Å². The molecule has 2 aromatic carbocycles. The second-order valence-electron chi connectivity index (χ2n) is 5.45. The molecule has 140 valence electrons. The van der Waals surface area contributed by atoms with Gasteiger partial charge in [0.05, 0.1) is 13.2 Å². The third kappa shape index (κ3) is 7.00. The Kier molecular flexibility index (Phi) is 8.97. The highest BCUT2D eigenvalue weighted by Gasteiger charge is 1.98. The first-order valence-electron chi connectivity index (χ1n) is 8.00. The van der Waals surface area contributed by atoms with Crippen molar-refractivity contribution in [3.05, 3.63) is 59.7 Å². The van der Waals surface area contributed by atoms with Gasteiger partial charge in [0.2, 0.25) is 0 Å². The zero-order chi connectivity index (χ0) is 18.1. The van der Waals surface area contributed by atoms with Crippen LogP contribution in [0.1, 0.15) is 11.1 Å². The molecule has 0 aromatic heterocycles. The number of benzene rings is 2. The number of rotatable bonds is 10. The number of nitrogen functional groups attached to an aromatic ring is 2. The summed E-state index contributed by atoms with van der Waals surface area (Å²) in [5.74, 6) is 0.136. The molecule has 0 radical (unpaired) electrons. The van der Waals surface area contributed by atoms with E-state index < -0.39 is 0 Å². The quantitative estimate of drug-likeness (QED) is 0.215. The van der Waals surface area contributed by atoms with E-state index >= 15 is 0 Å². The van der Waals surface area contributed by atoms with Crippen molar-refractivity contribution in [3.63, 3.8) is 0 Å². The average molecular weight is 377 g/mol. The van der Waals surface area contributed by atoms with Crippen molar-refractivity contribution in [1.29, 1.82) is 10.8 Å². The van der Waals surface area contributed by atoms with Crippen molar-refractivity contribution in [2.45, 2.75) is 0 Å². The smallest absolute Gasteiger partial charge is 0.122 e. The molecule has 0 aliphatic heterocycles. The van der Waals surface area contributed by atoms with E-state index in [0.717, 1.165) is 11.4 Å². The summed E-state index contributed by atoms with van der Waals surface area (Å²) in [7, 11) is 0. The van der Waals surface area contributed by atoms with Crippen LogP contribution in [0.5, 0.6) is 0 Å². The zero-order valence-corrected chi connectivity index (χ0v) is 15.2. The molecule has 0 spiro atoms. The first-order valence-corrected chi connectivity index (χ1v) is 8.00. The largest absolute Gasteiger partial charge is 0.384 e. The summed E-state index contributed by atoms with van der Waals surface area (Å²) in [5, 5.41) is 21.2. The molecule has 2 aromatic rings. The Labute approximate surface area is 159 Å². The molecule has 8 N–H and O–H groups in total. The molecule has 0 fully saturated rings. The van der Waals surface area contributed by atoms with Crippen molar-refractivity contribution in [2.75, 3.05) is 36.9 Å². The molecule has 0 heterocycles. The van der Waals surface area contributed by atoms with Gasteiger partial charge in [0.25, 0.3) is 0 Å². The van der Waals surface area contributed by atoms with Crippen LogP contribution in [0.15, 0.2) is 48.5 Å². The number of halogens is 1. The second kappa shape index (κ2) is 11.0. The van der Waals surface area contributed by atoms with Crippen LogP contribution in [0.4, 0.5) is 11.4 Å². The Morgan fingerprint density at radius 1 is 0.731 bits per heavy atom. The van der Waals surface area contributed by atoms with E-state index in [1.807, 2.05) is 48.5 Å². The van der Waals surface area contributed by atoms with Crippen LogP contribution in [0.2, 0.25) is 0 Å². The molecule has 0 aliphatic carbocycles. The maximum absolute atomic E-state index is 7.35. The lowest BCUT2D eigenvalue weighted by atomic mass is 10.2. The number of hydrogen-bond acceptors (Lipinski definition) is 5. The average Bonchev–Trinajstić information content (AvgIpc) is 2.61. The molecule has 0 saturated carbocycles. The lowest BCUT2D eigenvalue weighted by Crippen LogP contribution is -2.15. The minimum Gasteiger partial charge on any atom is -0.384 e. The van der Waals surface area contributed by atoms with E-state index in [1.165, 1.54) is 0 Å². The molecule has 0 amide bonds. The number of hydrogen-bond donors (Lipinski definition) is 6. The van der Waals surface area contributed by atoms with Crippen LogP contribution in [0.3, 0.4) is 0 Å². The van der Waals surface area contributed by atoms with Gasteiger partial charge in [0.15, 0.2) is 0 Å². The van der Waals surface area contributed by atoms with Crippen LogP contribution in [0, 0.1) is 10.8 Å². The summed E-state index contributed by atoms with van der Waals surface area (Å²) < 4.78 is 5.57. The van der Waals surface area contributed by atoms with Gasteiger partial charge in [0, 0.05) is 35.6 Å². The van der Waals surface area contributed by atoms with Gasteiger partial charge in [-0.15, -0.1) is 12.4 Å². The summed E-state index contributed by atoms with van der Waals surface area (Å²) in [6.07, 6.45) is 0. The first-order chi connectivity index (χ1) is 12.1. The number of anilines is 2. The van der Waals surface area contributed by atoms with Crippen molar-refractivity contribution in [2.24, 2.45) is 11.5 Å². The van der Waals surface area contributed by atoms with Gasteiger partial charge in [0.1, 0.15) is 11.7 Å². The predicted octanol–water partition coefficient (Wildman–Crippen LogP) is 2.22. The van der Waals surface area contributed by atoms with E-state index in [1.54, 1.807) is 0 Å². The fourth-order valence-corrected chi connectivity index (χ4v) is 2.17. The number of ether oxygens (including phenoxy) is 1. The van der Waals surface area contributed by atoms with Crippen LogP contribution < -0.4 is 22.1 Å². The van der Waals surface area contributed by atoms with Crippen LogP contribution in [-0.2, 0) is 4.74 Å². The molecule has 8 heteroatoms. The molecular weight excluding hydrogens is 352 g/mol. The summed E-state index contributed by atoms with van der Waals surface area (Å²) >= 11 is 0. The van der Waals surface area contributed by atoms with E-state index in [0.29, 0.717) is 37.4 Å². The lowest BCUT2D eigenvalue weighted by Gasteiger charge is -2.10. The molecule has 0 unspecified atom stereocenters. The maximum Gasteiger partial charge on any atom is 0.122 e. The number of amidine groups is 2. The summed E-state index contributed by atoms with van der Waals surface area (Å²) in [4.78, 5) is 0. The number of nitrogens with one attached hydrogen (secondary N) is 4. The normalized spacial score (nSPS) is 9.85. The van der Waals surface area contributed by atoms with Gasteiger partial charge < -0.3 is 26.8 Å². The first kappa shape index (κ1) is 21.3. The maximum atomic E-state index is 7.35. The van der Waals surface area contributed by atoms with Crippen molar-refractivity contribution >= 4 is 35.5 Å². The fraction of sp³-hybridized carbons (Fsp3) is 0.222. The molecule has 0 saturated heterocycles. The minimum atomic E-state index is 0. The highest BCUT2D eigenvalue weighted by molar-refractivity contribution is 5.95. The predicted molar refractivity (Wildman–Crippen MR) is 110 cm³/mol. The van der Waals surface area contributed by atoms with Gasteiger partial charge in [-0.3, -0.25) is 10.8 Å². The molecule has 0 aliphatic rings. The zero-order valence-electron chi connectivity index (χ0n) is 14.4. The molecule has 0 bridgehead atoms. The summed E-state index contributed by atoms with van der Waals surface area (Å²) in [6.45, 7) is 2.60. The standard InChI is InChI=1S/C18H24N6O.ClH/c19-17(20)13-1-5-15(6-2-13)23-9-11-25-12-10-24-16-7-3-14(4-8-16)18(21)22;/h1-8,23-24H,9-12H2,(H3,19,20)(H3,21,22);1H. The Balaban J connectivity index is 0.00000338. The van der Waals surface area contributed by atoms with E-state index in [-0.39, 0.29) is 24.1 Å². The molecule has 26 heavy (non-hydrogen) atoms. The Bertz CT molecular complexity index is 641. The Morgan fingerprint density at radius 2 is 1.08 bits per heavy atom. The summed E-state index contributed by atoms with van der Waals surface area (Å²) in [6, 6.07) is 14.8. The molecule has 7 nitrogen and oxygen atoms in total. The van der Waals surface area contributed by atoms with Gasteiger partial charge >= 0.3 is 0 Å². The van der Waals surface area contributed by atoms with Gasteiger partial charge in [-0.05, 0) is 48.5 Å². The van der Waals surface area contributed by atoms with Crippen molar-refractivity contribution < 1.29 is 4.74 Å². The Hall–Kier alpha value is -2.77. The van der Waals surface area contributed by atoms with Crippen molar-refractivity contribution in [1.82, 2.24) is 0 Å². The molecular formula is C18H25ClN6O. The molecule has 0 atom stereocenters. The third-order valence-electron chi connectivity index (χ3n) is 3.54. The Morgan fingerprint density at radius 3 is 1.38 bits per heavy atom.